The fraction of sp³-hybridized carbons (Fsp3) is 0.0588. The van der Waals surface area contributed by atoms with Crippen LogP contribution in [0.25, 0.3) is 32.7 Å². The number of H-pyrrole nitrogens is 1. The number of pyridine rings is 1. The van der Waals surface area contributed by atoms with Crippen molar-refractivity contribution in [2.24, 2.45) is 0 Å². The molecule has 3 heterocycles. The summed E-state index contributed by atoms with van der Waals surface area (Å²) in [6.45, 7) is 2.07. The van der Waals surface area contributed by atoms with Gasteiger partial charge in [-0.25, -0.2) is 9.97 Å². The van der Waals surface area contributed by atoms with Crippen LogP contribution in [0.1, 0.15) is 4.88 Å². The van der Waals surface area contributed by atoms with E-state index in [2.05, 4.69) is 40.1 Å². The number of nitrogens with one attached hydrogen (secondary N) is 1. The Hall–Kier alpha value is -2.46. The zero-order valence-electron chi connectivity index (χ0n) is 11.5. The molecular formula is C17H13N3S. The number of benzene rings is 1. The van der Waals surface area contributed by atoms with E-state index in [0.717, 1.165) is 27.2 Å². The van der Waals surface area contributed by atoms with E-state index in [1.54, 1.807) is 11.3 Å². The van der Waals surface area contributed by atoms with Gasteiger partial charge in [0.2, 0.25) is 0 Å². The molecule has 0 aliphatic rings. The van der Waals surface area contributed by atoms with Gasteiger partial charge in [-0.15, -0.1) is 11.3 Å². The second-order valence-corrected chi connectivity index (χ2v) is 6.20. The lowest BCUT2D eigenvalue weighted by atomic mass is 10.1. The number of hydrogen-bond donors (Lipinski definition) is 1. The molecule has 0 atom stereocenters. The minimum absolute atomic E-state index is 0.900. The maximum absolute atomic E-state index is 4.53. The second kappa shape index (κ2) is 4.82. The van der Waals surface area contributed by atoms with Crippen molar-refractivity contribution < 1.29 is 0 Å². The topological polar surface area (TPSA) is 41.6 Å². The van der Waals surface area contributed by atoms with Crippen LogP contribution in [0, 0.1) is 6.92 Å². The number of nitrogens with zero attached hydrogens (tertiary/aromatic N) is 2. The minimum Gasteiger partial charge on any atom is -0.345 e. The van der Waals surface area contributed by atoms with Gasteiger partial charge in [0.15, 0.2) is 0 Å². The molecule has 0 saturated carbocycles. The number of aromatic nitrogens is 3. The molecule has 4 aromatic rings. The third kappa shape index (κ3) is 2.14. The standard InChI is InChI=1S/C17H13N3S/c1-11-8-20-17(21-11)15-10-19-16-14(15)7-13(9-18-16)12-5-3-2-4-6-12/h2-10H,1H3,(H,18,19). The van der Waals surface area contributed by atoms with Crippen molar-refractivity contribution in [2.75, 3.05) is 0 Å². The van der Waals surface area contributed by atoms with E-state index in [9.17, 15) is 0 Å². The third-order valence-corrected chi connectivity index (χ3v) is 4.44. The van der Waals surface area contributed by atoms with Crippen LogP contribution in [0.3, 0.4) is 0 Å². The van der Waals surface area contributed by atoms with Crippen LogP contribution in [-0.4, -0.2) is 15.0 Å². The predicted molar refractivity (Wildman–Crippen MR) is 87.4 cm³/mol. The maximum Gasteiger partial charge on any atom is 0.137 e. The van der Waals surface area contributed by atoms with Gasteiger partial charge in [0.05, 0.1) is 0 Å². The van der Waals surface area contributed by atoms with Crippen molar-refractivity contribution in [2.45, 2.75) is 6.92 Å². The molecule has 0 fully saturated rings. The molecule has 4 rings (SSSR count). The highest BCUT2D eigenvalue weighted by Crippen LogP contribution is 2.32. The number of thiazole rings is 1. The van der Waals surface area contributed by atoms with Crippen LogP contribution in [0.2, 0.25) is 0 Å². The summed E-state index contributed by atoms with van der Waals surface area (Å²) < 4.78 is 0. The van der Waals surface area contributed by atoms with Gasteiger partial charge in [-0.05, 0) is 18.6 Å². The Kier molecular flexibility index (Phi) is 2.82. The molecule has 0 spiro atoms. The summed E-state index contributed by atoms with van der Waals surface area (Å²) in [5.41, 5.74) is 4.32. The third-order valence-electron chi connectivity index (χ3n) is 3.49. The molecule has 3 nitrogen and oxygen atoms in total. The molecule has 1 aromatic carbocycles. The molecule has 102 valence electrons. The van der Waals surface area contributed by atoms with Crippen LogP contribution < -0.4 is 0 Å². The van der Waals surface area contributed by atoms with Crippen molar-refractivity contribution in [1.29, 1.82) is 0 Å². The van der Waals surface area contributed by atoms with E-state index < -0.39 is 0 Å². The zero-order chi connectivity index (χ0) is 14.2. The average molecular weight is 291 g/mol. The fourth-order valence-electron chi connectivity index (χ4n) is 2.45. The lowest BCUT2D eigenvalue weighted by molar-refractivity contribution is 1.32. The van der Waals surface area contributed by atoms with Gasteiger partial charge in [0, 0.05) is 40.0 Å². The Morgan fingerprint density at radius 2 is 1.86 bits per heavy atom. The van der Waals surface area contributed by atoms with Gasteiger partial charge in [-0.2, -0.15) is 0 Å². The summed E-state index contributed by atoms with van der Waals surface area (Å²) >= 11 is 1.70. The maximum atomic E-state index is 4.53. The summed E-state index contributed by atoms with van der Waals surface area (Å²) in [6, 6.07) is 12.5. The summed E-state index contributed by atoms with van der Waals surface area (Å²) in [4.78, 5) is 13.5. The molecule has 0 amide bonds. The summed E-state index contributed by atoms with van der Waals surface area (Å²) in [6.07, 6.45) is 5.81. The largest absolute Gasteiger partial charge is 0.345 e. The van der Waals surface area contributed by atoms with Crippen molar-refractivity contribution >= 4 is 22.4 Å². The fourth-order valence-corrected chi connectivity index (χ4v) is 3.24. The van der Waals surface area contributed by atoms with E-state index in [1.165, 1.54) is 10.4 Å². The van der Waals surface area contributed by atoms with Crippen molar-refractivity contribution in [3.05, 3.63) is 59.9 Å². The molecule has 1 N–H and O–H groups in total. The van der Waals surface area contributed by atoms with E-state index >= 15 is 0 Å². The SMILES string of the molecule is Cc1cnc(-c2c[nH]c3ncc(-c4ccccc4)cc23)s1. The summed E-state index contributed by atoms with van der Waals surface area (Å²) in [7, 11) is 0. The normalized spacial score (nSPS) is 11.1. The minimum atomic E-state index is 0.900. The molecule has 0 unspecified atom stereocenters. The van der Waals surface area contributed by atoms with Crippen LogP contribution in [0.5, 0.6) is 0 Å². The number of aryl methyl sites for hydroxylation is 1. The molecule has 0 aliphatic heterocycles. The summed E-state index contributed by atoms with van der Waals surface area (Å²) in [5.74, 6) is 0. The van der Waals surface area contributed by atoms with Crippen molar-refractivity contribution in [3.63, 3.8) is 0 Å². The number of fused-ring (bicyclic) bond motifs is 1. The molecular weight excluding hydrogens is 278 g/mol. The number of rotatable bonds is 2. The van der Waals surface area contributed by atoms with Gasteiger partial charge in [-0.1, -0.05) is 30.3 Å². The average Bonchev–Trinajstić information content (AvgIpc) is 3.13. The quantitative estimate of drug-likeness (QED) is 0.583. The van der Waals surface area contributed by atoms with Gasteiger partial charge >= 0.3 is 0 Å². The van der Waals surface area contributed by atoms with Gasteiger partial charge in [0.25, 0.3) is 0 Å². The molecule has 0 bridgehead atoms. The van der Waals surface area contributed by atoms with E-state index in [-0.39, 0.29) is 0 Å². The lowest BCUT2D eigenvalue weighted by Gasteiger charge is -2.01. The highest BCUT2D eigenvalue weighted by Gasteiger charge is 2.11. The Morgan fingerprint density at radius 1 is 1.00 bits per heavy atom. The van der Waals surface area contributed by atoms with Crippen LogP contribution in [0.4, 0.5) is 0 Å². The number of hydrogen-bond acceptors (Lipinski definition) is 3. The first-order valence-corrected chi connectivity index (χ1v) is 7.58. The van der Waals surface area contributed by atoms with Gasteiger partial charge in [0.1, 0.15) is 10.7 Å². The first-order valence-electron chi connectivity index (χ1n) is 6.76. The smallest absolute Gasteiger partial charge is 0.137 e. The monoisotopic (exact) mass is 291 g/mol. The number of aromatic amines is 1. The van der Waals surface area contributed by atoms with E-state index in [1.807, 2.05) is 36.8 Å². The molecule has 0 aliphatic carbocycles. The van der Waals surface area contributed by atoms with E-state index in [0.29, 0.717) is 0 Å². The van der Waals surface area contributed by atoms with E-state index in [4.69, 9.17) is 0 Å². The molecule has 0 radical (unpaired) electrons. The van der Waals surface area contributed by atoms with Crippen molar-refractivity contribution in [1.82, 2.24) is 15.0 Å². The molecule has 21 heavy (non-hydrogen) atoms. The van der Waals surface area contributed by atoms with Crippen LogP contribution in [-0.2, 0) is 0 Å². The van der Waals surface area contributed by atoms with Gasteiger partial charge in [-0.3, -0.25) is 0 Å². The second-order valence-electron chi connectivity index (χ2n) is 4.96. The van der Waals surface area contributed by atoms with Crippen molar-refractivity contribution in [3.8, 4) is 21.7 Å². The summed E-state index contributed by atoms with van der Waals surface area (Å²) in [5, 5.41) is 2.15. The lowest BCUT2D eigenvalue weighted by Crippen LogP contribution is -1.82. The first-order chi connectivity index (χ1) is 10.3. The molecule has 3 aromatic heterocycles. The Labute approximate surface area is 126 Å². The highest BCUT2D eigenvalue weighted by molar-refractivity contribution is 7.15. The first kappa shape index (κ1) is 12.3. The van der Waals surface area contributed by atoms with Crippen LogP contribution >= 0.6 is 11.3 Å². The van der Waals surface area contributed by atoms with Gasteiger partial charge < -0.3 is 4.98 Å². The van der Waals surface area contributed by atoms with Crippen LogP contribution in [0.15, 0.2) is 55.0 Å². The highest BCUT2D eigenvalue weighted by atomic mass is 32.1. The molecule has 4 heteroatoms. The Balaban J connectivity index is 1.90. The zero-order valence-corrected chi connectivity index (χ0v) is 12.3. The Bertz CT molecular complexity index is 906. The Morgan fingerprint density at radius 3 is 2.62 bits per heavy atom. The predicted octanol–water partition coefficient (Wildman–Crippen LogP) is 4.66. The molecule has 0 saturated heterocycles.